The van der Waals surface area contributed by atoms with E-state index in [1.807, 2.05) is 106 Å². The number of carbonyl (C=O) groups excluding carboxylic acids is 5. The van der Waals surface area contributed by atoms with Gasteiger partial charge in [0.1, 0.15) is 23.4 Å². The van der Waals surface area contributed by atoms with Crippen LogP contribution in [0.1, 0.15) is 98.6 Å². The fourth-order valence-electron chi connectivity index (χ4n) is 7.63. The average Bonchev–Trinajstić information content (AvgIpc) is 3.48. The van der Waals surface area contributed by atoms with E-state index in [1.165, 1.54) is 22.3 Å². The summed E-state index contributed by atoms with van der Waals surface area (Å²) in [7, 11) is 0. The van der Waals surface area contributed by atoms with Crippen LogP contribution in [0.3, 0.4) is 0 Å². The Morgan fingerprint density at radius 2 is 0.857 bits per heavy atom. The predicted molar refractivity (Wildman–Crippen MR) is 243 cm³/mol. The number of nitrogens with one attached hydrogen (secondary N) is 2. The Balaban J connectivity index is 1.28. The summed E-state index contributed by atoms with van der Waals surface area (Å²) in [5.41, 5.74) is 2.77. The van der Waals surface area contributed by atoms with Gasteiger partial charge in [0, 0.05) is 71.4 Å². The third kappa shape index (κ3) is 19.4. The molecule has 4 rings (SSSR count). The SMILES string of the molecule is CC(C)(C)OC(=O)CN1CCN(CC(=O)NCCCCCNC(=O)OCC2c3ccccc3-c3ccccc32)CCN(CC(=O)OC(C)(C)C)CCN(CC(=O)OC(C)(C)C)CC1. The van der Waals surface area contributed by atoms with Gasteiger partial charge in [0.05, 0.1) is 26.2 Å². The van der Waals surface area contributed by atoms with Crippen molar-refractivity contribution in [3.8, 4) is 11.1 Å². The van der Waals surface area contributed by atoms with E-state index in [4.69, 9.17) is 18.9 Å². The summed E-state index contributed by atoms with van der Waals surface area (Å²) in [4.78, 5) is 72.9. The summed E-state index contributed by atoms with van der Waals surface area (Å²) in [5.74, 6) is -1.18. The lowest BCUT2D eigenvalue weighted by Crippen LogP contribution is -2.50. The van der Waals surface area contributed by atoms with Gasteiger partial charge in [-0.15, -0.1) is 0 Å². The van der Waals surface area contributed by atoms with Crippen molar-refractivity contribution in [1.82, 2.24) is 30.2 Å². The molecule has 0 atom stereocenters. The Morgan fingerprint density at radius 3 is 1.24 bits per heavy atom. The number of amides is 2. The molecule has 15 nitrogen and oxygen atoms in total. The number of ether oxygens (including phenoxy) is 4. The first kappa shape index (κ1) is 51.1. The molecule has 0 unspecified atom stereocenters. The Hall–Kier alpha value is -4.57. The number of alkyl carbamates (subject to hydrolysis) is 1. The quantitative estimate of drug-likeness (QED) is 0.131. The number of hydrogen-bond donors (Lipinski definition) is 2. The maximum atomic E-state index is 13.3. The lowest BCUT2D eigenvalue weighted by Gasteiger charge is -2.34. The first-order chi connectivity index (χ1) is 29.6. The molecule has 0 radical (unpaired) electrons. The van der Waals surface area contributed by atoms with E-state index in [-0.39, 0.29) is 62.5 Å². The standard InChI is InChI=1S/C48H74N6O9/c1-46(2,3)61-42(56)32-52-25-23-51(24-26-53(33-43(57)62-47(4,5)6)28-30-54(29-27-52)34-44(58)63-48(7,8)9)31-41(55)49-21-15-10-16-22-50-45(59)60-35-40-38-19-13-11-17-36(38)37-18-12-14-20-39(37)40/h11-14,17-20,40H,10,15-16,21-35H2,1-9H3,(H,49,55)(H,50,59). The van der Waals surface area contributed by atoms with Gasteiger partial charge in [0.2, 0.25) is 5.91 Å². The normalized spacial score (nSPS) is 16.5. The fraction of sp³-hybridized carbons (Fsp3) is 0.646. The summed E-state index contributed by atoms with van der Waals surface area (Å²) < 4.78 is 22.6. The highest BCUT2D eigenvalue weighted by Crippen LogP contribution is 2.44. The van der Waals surface area contributed by atoms with Crippen LogP contribution >= 0.6 is 0 Å². The molecule has 0 bridgehead atoms. The van der Waals surface area contributed by atoms with Crippen LogP contribution in [-0.2, 0) is 38.1 Å². The van der Waals surface area contributed by atoms with Gasteiger partial charge < -0.3 is 29.6 Å². The lowest BCUT2D eigenvalue weighted by molar-refractivity contribution is -0.158. The minimum Gasteiger partial charge on any atom is -0.459 e. The minimum atomic E-state index is -0.646. The van der Waals surface area contributed by atoms with Crippen LogP contribution in [0.25, 0.3) is 11.1 Å². The molecule has 1 heterocycles. The second-order valence-electron chi connectivity index (χ2n) is 19.5. The highest BCUT2D eigenvalue weighted by molar-refractivity contribution is 5.79. The summed E-state index contributed by atoms with van der Waals surface area (Å²) in [6.45, 7) is 21.7. The Kier molecular flexibility index (Phi) is 19.4. The fourth-order valence-corrected chi connectivity index (χ4v) is 7.63. The molecule has 2 N–H and O–H groups in total. The number of carbonyl (C=O) groups is 5. The zero-order chi connectivity index (χ0) is 46.2. The second kappa shape index (κ2) is 23.9. The van der Waals surface area contributed by atoms with Crippen LogP contribution < -0.4 is 10.6 Å². The molecule has 0 aromatic heterocycles. The molecule has 63 heavy (non-hydrogen) atoms. The minimum absolute atomic E-state index is 0.00376. The average molecular weight is 879 g/mol. The van der Waals surface area contributed by atoms with Crippen LogP contribution in [0, 0.1) is 0 Å². The summed E-state index contributed by atoms with van der Waals surface area (Å²) in [6.07, 6.45) is 1.84. The third-order valence-electron chi connectivity index (χ3n) is 10.4. The number of rotatable bonds is 16. The Bertz CT molecular complexity index is 1730. The molecular formula is C48H74N6O9. The number of benzene rings is 2. The summed E-state index contributed by atoms with van der Waals surface area (Å²) in [6, 6.07) is 16.5. The zero-order valence-electron chi connectivity index (χ0n) is 39.4. The molecule has 0 saturated carbocycles. The number of nitrogens with zero attached hydrogens (tertiary/aromatic N) is 4. The summed E-state index contributed by atoms with van der Waals surface area (Å²) in [5, 5.41) is 5.91. The number of esters is 3. The van der Waals surface area contributed by atoms with E-state index in [0.29, 0.717) is 65.4 Å². The van der Waals surface area contributed by atoms with Gasteiger partial charge in [0.15, 0.2) is 0 Å². The first-order valence-electron chi connectivity index (χ1n) is 22.5. The monoisotopic (exact) mass is 879 g/mol. The van der Waals surface area contributed by atoms with Gasteiger partial charge >= 0.3 is 24.0 Å². The molecule has 2 aromatic rings. The molecule has 2 aliphatic rings. The molecule has 350 valence electrons. The Morgan fingerprint density at radius 1 is 0.508 bits per heavy atom. The lowest BCUT2D eigenvalue weighted by atomic mass is 9.98. The number of hydrogen-bond acceptors (Lipinski definition) is 13. The second-order valence-corrected chi connectivity index (χ2v) is 19.5. The van der Waals surface area contributed by atoms with E-state index < -0.39 is 22.9 Å². The maximum Gasteiger partial charge on any atom is 0.407 e. The van der Waals surface area contributed by atoms with Crippen molar-refractivity contribution in [2.45, 2.75) is 104 Å². The van der Waals surface area contributed by atoms with E-state index in [9.17, 15) is 24.0 Å². The number of unbranched alkanes of at least 4 members (excludes halogenated alkanes) is 2. The van der Waals surface area contributed by atoms with Gasteiger partial charge in [-0.25, -0.2) is 4.79 Å². The van der Waals surface area contributed by atoms with Crippen LogP contribution in [0.2, 0.25) is 0 Å². The van der Waals surface area contributed by atoms with Gasteiger partial charge in [-0.2, -0.15) is 0 Å². The van der Waals surface area contributed by atoms with Crippen LogP contribution in [0.15, 0.2) is 48.5 Å². The largest absolute Gasteiger partial charge is 0.459 e. The molecule has 1 aliphatic heterocycles. The van der Waals surface area contributed by atoms with Gasteiger partial charge in [-0.05, 0) is 104 Å². The van der Waals surface area contributed by atoms with Crippen molar-refractivity contribution in [2.24, 2.45) is 0 Å². The number of fused-ring (bicyclic) bond motifs is 3. The van der Waals surface area contributed by atoms with Gasteiger partial charge in [-0.3, -0.25) is 38.8 Å². The molecule has 15 heteroatoms. The molecule has 2 amide bonds. The van der Waals surface area contributed by atoms with Crippen LogP contribution in [0.5, 0.6) is 0 Å². The maximum absolute atomic E-state index is 13.3. The van der Waals surface area contributed by atoms with E-state index >= 15 is 0 Å². The van der Waals surface area contributed by atoms with Crippen molar-refractivity contribution < 1.29 is 42.9 Å². The van der Waals surface area contributed by atoms with E-state index in [0.717, 1.165) is 19.3 Å². The van der Waals surface area contributed by atoms with E-state index in [2.05, 4.69) is 34.9 Å². The van der Waals surface area contributed by atoms with Gasteiger partial charge in [-0.1, -0.05) is 48.5 Å². The first-order valence-corrected chi connectivity index (χ1v) is 22.5. The van der Waals surface area contributed by atoms with Crippen LogP contribution in [-0.4, -0.2) is 165 Å². The van der Waals surface area contributed by atoms with Crippen molar-refractivity contribution in [2.75, 3.05) is 98.2 Å². The van der Waals surface area contributed by atoms with Crippen molar-refractivity contribution in [3.63, 3.8) is 0 Å². The molecule has 0 spiro atoms. The van der Waals surface area contributed by atoms with Crippen molar-refractivity contribution in [3.05, 3.63) is 59.7 Å². The van der Waals surface area contributed by atoms with Crippen LogP contribution in [0.4, 0.5) is 4.79 Å². The molecular weight excluding hydrogens is 805 g/mol. The highest BCUT2D eigenvalue weighted by Gasteiger charge is 2.30. The molecule has 2 aromatic carbocycles. The van der Waals surface area contributed by atoms with Crippen molar-refractivity contribution in [1.29, 1.82) is 0 Å². The van der Waals surface area contributed by atoms with Crippen molar-refractivity contribution >= 4 is 29.9 Å². The highest BCUT2D eigenvalue weighted by atomic mass is 16.6. The van der Waals surface area contributed by atoms with E-state index in [1.54, 1.807) is 0 Å². The predicted octanol–water partition coefficient (Wildman–Crippen LogP) is 5.06. The molecule has 1 aliphatic carbocycles. The molecule has 1 saturated heterocycles. The summed E-state index contributed by atoms with van der Waals surface area (Å²) >= 11 is 0. The Labute approximate surface area is 375 Å². The van der Waals surface area contributed by atoms with Gasteiger partial charge in [0.25, 0.3) is 0 Å². The third-order valence-corrected chi connectivity index (χ3v) is 10.4. The topological polar surface area (TPSA) is 159 Å². The molecule has 1 fully saturated rings. The zero-order valence-corrected chi connectivity index (χ0v) is 39.4. The smallest absolute Gasteiger partial charge is 0.407 e.